The number of rotatable bonds is 1. The van der Waals surface area contributed by atoms with Gasteiger partial charge in [0.15, 0.2) is 0 Å². The Kier molecular flexibility index (Phi) is 2.77. The lowest BCUT2D eigenvalue weighted by atomic mass is 9.87. The molecule has 3 atom stereocenters. The summed E-state index contributed by atoms with van der Waals surface area (Å²) in [6.07, 6.45) is 4.64. The molecular formula is C11H19NO2. The van der Waals surface area contributed by atoms with E-state index in [1.54, 1.807) is 0 Å². The first-order chi connectivity index (χ1) is 6.74. The van der Waals surface area contributed by atoms with Gasteiger partial charge in [-0.05, 0) is 38.1 Å². The zero-order chi connectivity index (χ0) is 10.1. The largest absolute Gasteiger partial charge is 0.468 e. The van der Waals surface area contributed by atoms with Crippen LogP contribution in [0, 0.1) is 5.92 Å². The van der Waals surface area contributed by atoms with E-state index in [0.29, 0.717) is 6.04 Å². The van der Waals surface area contributed by atoms with Crippen molar-refractivity contribution in [1.29, 1.82) is 0 Å². The molecule has 14 heavy (non-hydrogen) atoms. The lowest BCUT2D eigenvalue weighted by Gasteiger charge is -2.39. The van der Waals surface area contributed by atoms with Crippen molar-refractivity contribution in [1.82, 2.24) is 4.90 Å². The second kappa shape index (κ2) is 3.89. The summed E-state index contributed by atoms with van der Waals surface area (Å²) in [5, 5.41) is 0. The Hall–Kier alpha value is -0.570. The van der Waals surface area contributed by atoms with Crippen LogP contribution < -0.4 is 0 Å². The molecule has 2 fully saturated rings. The number of nitrogens with zero attached hydrogens (tertiary/aromatic N) is 1. The van der Waals surface area contributed by atoms with Crippen LogP contribution in [0.1, 0.15) is 32.6 Å². The second-order valence-corrected chi connectivity index (χ2v) is 4.54. The molecule has 0 aromatic heterocycles. The molecule has 2 rings (SSSR count). The fourth-order valence-corrected chi connectivity index (χ4v) is 2.98. The summed E-state index contributed by atoms with van der Waals surface area (Å²) in [5.74, 6) is 0.710. The second-order valence-electron chi connectivity index (χ2n) is 4.54. The van der Waals surface area contributed by atoms with E-state index in [-0.39, 0.29) is 12.0 Å². The number of hydrogen-bond donors (Lipinski definition) is 0. The first kappa shape index (κ1) is 9.97. The van der Waals surface area contributed by atoms with E-state index in [1.165, 1.54) is 26.4 Å². The van der Waals surface area contributed by atoms with Gasteiger partial charge in [-0.3, -0.25) is 9.69 Å². The summed E-state index contributed by atoms with van der Waals surface area (Å²) in [7, 11) is 1.49. The predicted molar refractivity (Wildman–Crippen MR) is 53.9 cm³/mol. The molecule has 80 valence electrons. The van der Waals surface area contributed by atoms with Crippen molar-refractivity contribution in [2.24, 2.45) is 5.92 Å². The highest BCUT2D eigenvalue weighted by molar-refractivity contribution is 5.75. The molecule has 2 saturated heterocycles. The third-order valence-corrected chi connectivity index (χ3v) is 3.77. The smallest absolute Gasteiger partial charge is 0.323 e. The molecule has 0 N–H and O–H groups in total. The first-order valence-electron chi connectivity index (χ1n) is 5.57. The summed E-state index contributed by atoms with van der Waals surface area (Å²) in [4.78, 5) is 13.9. The summed E-state index contributed by atoms with van der Waals surface area (Å²) < 4.78 is 4.85. The average molecular weight is 197 g/mol. The molecule has 0 bridgehead atoms. The van der Waals surface area contributed by atoms with Gasteiger partial charge >= 0.3 is 5.97 Å². The van der Waals surface area contributed by atoms with E-state index in [2.05, 4.69) is 11.8 Å². The predicted octanol–water partition coefficient (Wildman–Crippen LogP) is 1.42. The quantitative estimate of drug-likeness (QED) is 0.595. The van der Waals surface area contributed by atoms with Crippen LogP contribution in [0.15, 0.2) is 0 Å². The minimum atomic E-state index is -0.0381. The van der Waals surface area contributed by atoms with Gasteiger partial charge in [0.2, 0.25) is 0 Å². The van der Waals surface area contributed by atoms with Crippen LogP contribution in [0.25, 0.3) is 0 Å². The van der Waals surface area contributed by atoms with Gasteiger partial charge in [-0.15, -0.1) is 0 Å². The molecular weight excluding hydrogens is 178 g/mol. The van der Waals surface area contributed by atoms with E-state index in [4.69, 9.17) is 4.74 Å². The third-order valence-electron chi connectivity index (χ3n) is 3.77. The highest BCUT2D eigenvalue weighted by Gasteiger charge is 2.41. The zero-order valence-electron chi connectivity index (χ0n) is 9.03. The number of fused-ring (bicyclic) bond motifs is 1. The van der Waals surface area contributed by atoms with Gasteiger partial charge < -0.3 is 4.74 Å². The molecule has 3 nitrogen and oxygen atoms in total. The molecule has 3 heteroatoms. The lowest BCUT2D eigenvalue weighted by molar-refractivity contribution is -0.149. The minimum Gasteiger partial charge on any atom is -0.468 e. The van der Waals surface area contributed by atoms with Crippen LogP contribution in [0.5, 0.6) is 0 Å². The topological polar surface area (TPSA) is 29.5 Å². The van der Waals surface area contributed by atoms with Crippen molar-refractivity contribution in [3.63, 3.8) is 0 Å². The van der Waals surface area contributed by atoms with Crippen molar-refractivity contribution >= 4 is 5.97 Å². The standard InChI is InChI=1S/C11H19NO2/c1-8-5-6-10(11(13)14-2)12-7-3-4-9(8)12/h8-10H,3-7H2,1-2H3/t8-,9-,10-/m0/s1. The number of methoxy groups -OCH3 is 1. The Morgan fingerprint density at radius 2 is 2.14 bits per heavy atom. The number of esters is 1. The molecule has 2 heterocycles. The maximum absolute atomic E-state index is 11.6. The van der Waals surface area contributed by atoms with Crippen LogP contribution in [0.2, 0.25) is 0 Å². The van der Waals surface area contributed by atoms with Crippen molar-refractivity contribution in [3.05, 3.63) is 0 Å². The maximum atomic E-state index is 11.6. The average Bonchev–Trinajstić information content (AvgIpc) is 2.67. The van der Waals surface area contributed by atoms with Gasteiger partial charge in [0.25, 0.3) is 0 Å². The van der Waals surface area contributed by atoms with E-state index >= 15 is 0 Å². The van der Waals surface area contributed by atoms with Gasteiger partial charge in [-0.1, -0.05) is 6.92 Å². The Morgan fingerprint density at radius 1 is 1.36 bits per heavy atom. The first-order valence-corrected chi connectivity index (χ1v) is 5.57. The Labute approximate surface area is 85.4 Å². The van der Waals surface area contributed by atoms with E-state index in [0.717, 1.165) is 18.9 Å². The van der Waals surface area contributed by atoms with Gasteiger partial charge in [0, 0.05) is 6.04 Å². The van der Waals surface area contributed by atoms with Crippen molar-refractivity contribution in [3.8, 4) is 0 Å². The number of piperidine rings is 1. The summed E-state index contributed by atoms with van der Waals surface area (Å²) >= 11 is 0. The van der Waals surface area contributed by atoms with Crippen LogP contribution in [0.3, 0.4) is 0 Å². The molecule has 0 unspecified atom stereocenters. The fraction of sp³-hybridized carbons (Fsp3) is 0.909. The number of carbonyl (C=O) groups excluding carboxylic acids is 1. The fourth-order valence-electron chi connectivity index (χ4n) is 2.98. The van der Waals surface area contributed by atoms with Crippen molar-refractivity contribution < 1.29 is 9.53 Å². The molecule has 2 aliphatic heterocycles. The van der Waals surface area contributed by atoms with Crippen molar-refractivity contribution in [2.45, 2.75) is 44.7 Å². The van der Waals surface area contributed by atoms with Crippen LogP contribution >= 0.6 is 0 Å². The Morgan fingerprint density at radius 3 is 2.86 bits per heavy atom. The molecule has 0 saturated carbocycles. The minimum absolute atomic E-state index is 0.0381. The molecule has 0 radical (unpaired) electrons. The Balaban J connectivity index is 2.09. The lowest BCUT2D eigenvalue weighted by Crippen LogP contribution is -2.50. The molecule has 2 aliphatic rings. The monoisotopic (exact) mass is 197 g/mol. The summed E-state index contributed by atoms with van der Waals surface area (Å²) in [5.41, 5.74) is 0. The summed E-state index contributed by atoms with van der Waals surface area (Å²) in [6.45, 7) is 3.38. The zero-order valence-corrected chi connectivity index (χ0v) is 9.03. The van der Waals surface area contributed by atoms with E-state index < -0.39 is 0 Å². The maximum Gasteiger partial charge on any atom is 0.323 e. The summed E-state index contributed by atoms with van der Waals surface area (Å²) in [6, 6.07) is 0.677. The van der Waals surface area contributed by atoms with Gasteiger partial charge in [0.1, 0.15) is 6.04 Å². The highest BCUT2D eigenvalue weighted by atomic mass is 16.5. The number of ether oxygens (including phenoxy) is 1. The van der Waals surface area contributed by atoms with Gasteiger partial charge in [-0.2, -0.15) is 0 Å². The molecule has 0 aromatic rings. The molecule has 0 aromatic carbocycles. The van der Waals surface area contributed by atoms with Crippen molar-refractivity contribution in [2.75, 3.05) is 13.7 Å². The Bertz CT molecular complexity index is 229. The number of carbonyl (C=O) groups is 1. The number of hydrogen-bond acceptors (Lipinski definition) is 3. The van der Waals surface area contributed by atoms with Crippen LogP contribution in [-0.4, -0.2) is 36.6 Å². The molecule has 0 spiro atoms. The molecule has 0 amide bonds. The van der Waals surface area contributed by atoms with Gasteiger partial charge in [-0.25, -0.2) is 0 Å². The third kappa shape index (κ3) is 1.54. The SMILES string of the molecule is COC(=O)[C@@H]1CC[C@H](C)[C@@H]2CCCN12. The van der Waals surface area contributed by atoms with E-state index in [9.17, 15) is 4.79 Å². The van der Waals surface area contributed by atoms with Crippen LogP contribution in [-0.2, 0) is 9.53 Å². The molecule has 0 aliphatic carbocycles. The van der Waals surface area contributed by atoms with Crippen LogP contribution in [0.4, 0.5) is 0 Å². The normalized spacial score (nSPS) is 38.0. The highest BCUT2D eigenvalue weighted by Crippen LogP contribution is 2.35. The van der Waals surface area contributed by atoms with E-state index in [1.807, 2.05) is 0 Å². The van der Waals surface area contributed by atoms with Gasteiger partial charge in [0.05, 0.1) is 7.11 Å².